The minimum atomic E-state index is 0.110. The third-order valence-corrected chi connectivity index (χ3v) is 2.90. The number of phenolic OH excluding ortho intramolecular Hbond substituents is 2. The molecule has 0 atom stereocenters. The van der Waals surface area contributed by atoms with Gasteiger partial charge in [-0.25, -0.2) is 0 Å². The van der Waals surface area contributed by atoms with Gasteiger partial charge in [0.1, 0.15) is 11.5 Å². The summed E-state index contributed by atoms with van der Waals surface area (Å²) in [5.41, 5.74) is 0.917. The van der Waals surface area contributed by atoms with Crippen LogP contribution in [0.5, 0.6) is 11.5 Å². The molecule has 1 aromatic carbocycles. The number of unbranched alkanes of at least 4 members (excludes halogenated alkanes) is 3. The number of allylic oxidation sites excluding steroid dienone is 4. The predicted molar refractivity (Wildman–Crippen MR) is 80.5 cm³/mol. The highest BCUT2D eigenvalue weighted by Gasteiger charge is 1.96. The van der Waals surface area contributed by atoms with Crippen molar-refractivity contribution in [3.8, 4) is 11.5 Å². The summed E-state index contributed by atoms with van der Waals surface area (Å²) in [6.07, 6.45) is 15.3. The van der Waals surface area contributed by atoms with E-state index in [1.807, 2.05) is 0 Å². The normalized spacial score (nSPS) is 11.6. The lowest BCUT2D eigenvalue weighted by molar-refractivity contribution is 0.449. The summed E-state index contributed by atoms with van der Waals surface area (Å²) in [6, 6.07) is 4.68. The van der Waals surface area contributed by atoms with Crippen LogP contribution in [0.2, 0.25) is 0 Å². The lowest BCUT2D eigenvalue weighted by atomic mass is 10.1. The summed E-state index contributed by atoms with van der Waals surface area (Å²) in [5, 5.41) is 18.7. The van der Waals surface area contributed by atoms with Gasteiger partial charge in [0.05, 0.1) is 0 Å². The molecule has 0 amide bonds. The molecule has 0 saturated heterocycles. The minimum Gasteiger partial charge on any atom is -0.508 e. The van der Waals surface area contributed by atoms with Gasteiger partial charge < -0.3 is 10.2 Å². The Hall–Kier alpha value is -1.70. The maximum Gasteiger partial charge on any atom is 0.119 e. The van der Waals surface area contributed by atoms with Crippen LogP contribution < -0.4 is 0 Å². The van der Waals surface area contributed by atoms with E-state index < -0.39 is 0 Å². The maximum absolute atomic E-state index is 9.34. The number of benzene rings is 1. The quantitative estimate of drug-likeness (QED) is 0.524. The van der Waals surface area contributed by atoms with Crippen LogP contribution in [0.3, 0.4) is 0 Å². The number of hydrogen-bond acceptors (Lipinski definition) is 2. The molecule has 0 heterocycles. The van der Waals surface area contributed by atoms with Crippen molar-refractivity contribution >= 4 is 0 Å². The number of rotatable bonds is 8. The Labute approximate surface area is 116 Å². The lowest BCUT2D eigenvalue weighted by Gasteiger charge is -1.99. The predicted octanol–water partition coefficient (Wildman–Crippen LogP) is 4.72. The zero-order chi connectivity index (χ0) is 13.9. The van der Waals surface area contributed by atoms with Gasteiger partial charge >= 0.3 is 0 Å². The first-order chi connectivity index (χ1) is 9.22. The smallest absolute Gasteiger partial charge is 0.119 e. The number of aromatic hydroxyl groups is 2. The molecule has 0 aliphatic heterocycles. The second kappa shape index (κ2) is 9.26. The van der Waals surface area contributed by atoms with Crippen LogP contribution >= 0.6 is 0 Å². The molecular weight excluding hydrogens is 236 g/mol. The fraction of sp³-hybridized carbons (Fsp3) is 0.412. The second-order valence-electron chi connectivity index (χ2n) is 4.74. The van der Waals surface area contributed by atoms with Gasteiger partial charge in [-0.05, 0) is 43.4 Å². The van der Waals surface area contributed by atoms with E-state index in [-0.39, 0.29) is 11.5 Å². The standard InChI is InChI=1S/C17H24O2/c1-2-3-4-5-6-7-8-9-10-11-15-12-16(18)14-17(19)13-15/h6-7,9-10,12-14,18-19H,2-5,8,11H2,1H3/b7-6-,10-9-. The minimum absolute atomic E-state index is 0.110. The van der Waals surface area contributed by atoms with Crippen molar-refractivity contribution < 1.29 is 10.2 Å². The Morgan fingerprint density at radius 2 is 1.58 bits per heavy atom. The van der Waals surface area contributed by atoms with E-state index in [4.69, 9.17) is 0 Å². The average Bonchev–Trinajstić information content (AvgIpc) is 2.36. The van der Waals surface area contributed by atoms with E-state index in [0.29, 0.717) is 0 Å². The van der Waals surface area contributed by atoms with Gasteiger partial charge in [0, 0.05) is 6.07 Å². The summed E-state index contributed by atoms with van der Waals surface area (Å²) in [4.78, 5) is 0. The van der Waals surface area contributed by atoms with Crippen molar-refractivity contribution in [1.82, 2.24) is 0 Å². The van der Waals surface area contributed by atoms with E-state index >= 15 is 0 Å². The highest BCUT2D eigenvalue weighted by molar-refractivity contribution is 5.37. The van der Waals surface area contributed by atoms with E-state index in [2.05, 4.69) is 31.2 Å². The Morgan fingerprint density at radius 1 is 0.895 bits per heavy atom. The first-order valence-corrected chi connectivity index (χ1v) is 7.04. The highest BCUT2D eigenvalue weighted by Crippen LogP contribution is 2.20. The largest absolute Gasteiger partial charge is 0.508 e. The highest BCUT2D eigenvalue weighted by atomic mass is 16.3. The average molecular weight is 260 g/mol. The molecule has 1 rings (SSSR count). The summed E-state index contributed by atoms with van der Waals surface area (Å²) in [6.45, 7) is 2.21. The third kappa shape index (κ3) is 7.35. The van der Waals surface area contributed by atoms with Gasteiger partial charge in [0.2, 0.25) is 0 Å². The summed E-state index contributed by atoms with van der Waals surface area (Å²) >= 11 is 0. The van der Waals surface area contributed by atoms with Crippen LogP contribution in [0.25, 0.3) is 0 Å². The number of phenols is 2. The molecule has 0 spiro atoms. The molecule has 2 heteroatoms. The van der Waals surface area contributed by atoms with Crippen molar-refractivity contribution in [1.29, 1.82) is 0 Å². The van der Waals surface area contributed by atoms with Gasteiger partial charge in [-0.3, -0.25) is 0 Å². The molecule has 0 fully saturated rings. The molecule has 0 aliphatic carbocycles. The molecule has 0 aromatic heterocycles. The van der Waals surface area contributed by atoms with E-state index in [1.54, 1.807) is 12.1 Å². The van der Waals surface area contributed by atoms with E-state index in [9.17, 15) is 10.2 Å². The van der Waals surface area contributed by atoms with E-state index in [1.165, 1.54) is 31.7 Å². The first kappa shape index (κ1) is 15.4. The van der Waals surface area contributed by atoms with Crippen molar-refractivity contribution in [2.75, 3.05) is 0 Å². The van der Waals surface area contributed by atoms with Crippen molar-refractivity contribution in [3.05, 3.63) is 48.1 Å². The zero-order valence-electron chi connectivity index (χ0n) is 11.7. The Morgan fingerprint density at radius 3 is 2.26 bits per heavy atom. The molecule has 0 bridgehead atoms. The molecule has 0 unspecified atom stereocenters. The fourth-order valence-electron chi connectivity index (χ4n) is 1.89. The summed E-state index contributed by atoms with van der Waals surface area (Å²) < 4.78 is 0. The maximum atomic E-state index is 9.34. The molecule has 2 nitrogen and oxygen atoms in total. The summed E-state index contributed by atoms with van der Waals surface area (Å²) in [5.74, 6) is 0.221. The Kier molecular flexibility index (Phi) is 7.48. The molecule has 104 valence electrons. The van der Waals surface area contributed by atoms with Gasteiger partial charge in [-0.1, -0.05) is 44.1 Å². The van der Waals surface area contributed by atoms with Gasteiger partial charge in [-0.15, -0.1) is 0 Å². The molecule has 0 radical (unpaired) electrons. The van der Waals surface area contributed by atoms with Crippen LogP contribution in [0.1, 0.15) is 44.6 Å². The SMILES string of the molecule is CCCCC/C=C\C/C=C\Cc1cc(O)cc(O)c1. The van der Waals surface area contributed by atoms with Crippen LogP contribution in [-0.2, 0) is 6.42 Å². The van der Waals surface area contributed by atoms with Crippen molar-refractivity contribution in [2.45, 2.75) is 45.4 Å². The third-order valence-electron chi connectivity index (χ3n) is 2.90. The molecule has 0 aliphatic rings. The van der Waals surface area contributed by atoms with Crippen LogP contribution in [-0.4, -0.2) is 10.2 Å². The van der Waals surface area contributed by atoms with Crippen LogP contribution in [0.15, 0.2) is 42.5 Å². The molecule has 2 N–H and O–H groups in total. The Bertz CT molecular complexity index is 399. The zero-order valence-corrected chi connectivity index (χ0v) is 11.7. The van der Waals surface area contributed by atoms with Crippen molar-refractivity contribution in [3.63, 3.8) is 0 Å². The lowest BCUT2D eigenvalue weighted by Crippen LogP contribution is -1.80. The van der Waals surface area contributed by atoms with Gasteiger partial charge in [-0.2, -0.15) is 0 Å². The Balaban J connectivity index is 2.23. The fourth-order valence-corrected chi connectivity index (χ4v) is 1.89. The van der Waals surface area contributed by atoms with Crippen molar-refractivity contribution in [2.24, 2.45) is 0 Å². The van der Waals surface area contributed by atoms with Gasteiger partial charge in [0.25, 0.3) is 0 Å². The monoisotopic (exact) mass is 260 g/mol. The first-order valence-electron chi connectivity index (χ1n) is 7.04. The molecular formula is C17H24O2. The number of hydrogen-bond donors (Lipinski definition) is 2. The summed E-state index contributed by atoms with van der Waals surface area (Å²) in [7, 11) is 0. The van der Waals surface area contributed by atoms with Crippen LogP contribution in [0, 0.1) is 0 Å². The second-order valence-corrected chi connectivity index (χ2v) is 4.74. The van der Waals surface area contributed by atoms with Crippen LogP contribution in [0.4, 0.5) is 0 Å². The molecule has 19 heavy (non-hydrogen) atoms. The topological polar surface area (TPSA) is 40.5 Å². The molecule has 1 aromatic rings. The molecule has 0 saturated carbocycles. The van der Waals surface area contributed by atoms with Gasteiger partial charge in [0.15, 0.2) is 0 Å². The van der Waals surface area contributed by atoms with E-state index in [0.717, 1.165) is 18.4 Å².